The predicted molar refractivity (Wildman–Crippen MR) is 112 cm³/mol. The molecule has 3 aromatic rings. The number of H-pyrrole nitrogens is 1. The number of imidazole rings is 1. The number of aromatic amines is 1. The molecule has 0 saturated heterocycles. The minimum Gasteiger partial charge on any atom is -0.486 e. The Morgan fingerprint density at radius 2 is 2.16 bits per heavy atom. The summed E-state index contributed by atoms with van der Waals surface area (Å²) >= 11 is 0. The molecule has 0 bridgehead atoms. The van der Waals surface area contributed by atoms with Gasteiger partial charge in [-0.2, -0.15) is 14.4 Å². The van der Waals surface area contributed by atoms with Gasteiger partial charge in [-0.05, 0) is 31.9 Å². The fourth-order valence-electron chi connectivity index (χ4n) is 3.63. The van der Waals surface area contributed by atoms with Gasteiger partial charge in [-0.25, -0.2) is 9.37 Å². The molecule has 0 radical (unpaired) electrons. The number of anilines is 3. The summed E-state index contributed by atoms with van der Waals surface area (Å²) in [6.07, 6.45) is 4.10. The van der Waals surface area contributed by atoms with Crippen molar-refractivity contribution in [1.29, 1.82) is 0 Å². The largest absolute Gasteiger partial charge is 0.486 e. The molecule has 3 heterocycles. The highest BCUT2D eigenvalue weighted by atomic mass is 19.2. The minimum absolute atomic E-state index is 0.118. The summed E-state index contributed by atoms with van der Waals surface area (Å²) < 4.78 is 32.8. The molecule has 1 aliphatic heterocycles. The summed E-state index contributed by atoms with van der Waals surface area (Å²) in [5, 5.41) is 3.21. The molecule has 31 heavy (non-hydrogen) atoms. The van der Waals surface area contributed by atoms with Gasteiger partial charge in [0.1, 0.15) is 12.1 Å². The SMILES string of the molecule is C[C@H]1COc2c(ccc(F)c2F)N1C(=O)CCCCCNc1nc(N)nc2nc[nH]c12. The number of rotatable bonds is 7. The molecule has 0 fully saturated rings. The van der Waals surface area contributed by atoms with Crippen LogP contribution in [0, 0.1) is 11.6 Å². The number of hydrogen-bond donors (Lipinski definition) is 3. The van der Waals surface area contributed by atoms with Crippen molar-refractivity contribution in [1.82, 2.24) is 19.9 Å². The molecule has 1 aliphatic rings. The minimum atomic E-state index is -1.06. The molecule has 1 atom stereocenters. The molecule has 4 N–H and O–H groups in total. The smallest absolute Gasteiger partial charge is 0.227 e. The van der Waals surface area contributed by atoms with Gasteiger partial charge in [0.25, 0.3) is 0 Å². The van der Waals surface area contributed by atoms with Crippen LogP contribution in [0.5, 0.6) is 5.75 Å². The summed E-state index contributed by atoms with van der Waals surface area (Å²) in [5.41, 5.74) is 7.15. The highest BCUT2D eigenvalue weighted by Gasteiger charge is 2.32. The van der Waals surface area contributed by atoms with Crippen LogP contribution in [0.4, 0.5) is 26.2 Å². The molecule has 1 amide bonds. The number of nitrogens with two attached hydrogens (primary N) is 1. The van der Waals surface area contributed by atoms with Crippen LogP contribution in [-0.4, -0.2) is 45.0 Å². The molecule has 11 heteroatoms. The van der Waals surface area contributed by atoms with Crippen LogP contribution in [0.25, 0.3) is 11.2 Å². The number of nitrogens with one attached hydrogen (secondary N) is 2. The Morgan fingerprint density at radius 3 is 3.00 bits per heavy atom. The second-order valence-electron chi connectivity index (χ2n) is 7.40. The van der Waals surface area contributed by atoms with Crippen molar-refractivity contribution in [3.63, 3.8) is 0 Å². The van der Waals surface area contributed by atoms with Crippen molar-refractivity contribution < 1.29 is 18.3 Å². The molecular formula is C20H23F2N7O2. The third-order valence-corrected chi connectivity index (χ3v) is 5.13. The Bertz CT molecular complexity index is 1100. The molecule has 0 unspecified atom stereocenters. The zero-order valence-electron chi connectivity index (χ0n) is 17.0. The predicted octanol–water partition coefficient (Wildman–Crippen LogP) is 3.00. The number of fused-ring (bicyclic) bond motifs is 2. The summed E-state index contributed by atoms with van der Waals surface area (Å²) in [5.74, 6) is -1.67. The topological polar surface area (TPSA) is 122 Å². The first-order valence-electron chi connectivity index (χ1n) is 10.1. The Balaban J connectivity index is 1.28. The molecule has 0 spiro atoms. The first-order chi connectivity index (χ1) is 15.0. The fraction of sp³-hybridized carbons (Fsp3) is 0.400. The van der Waals surface area contributed by atoms with Gasteiger partial charge < -0.3 is 25.7 Å². The van der Waals surface area contributed by atoms with Crippen LogP contribution in [0.15, 0.2) is 18.5 Å². The summed E-state index contributed by atoms with van der Waals surface area (Å²) in [6.45, 7) is 2.57. The molecule has 0 saturated carbocycles. The summed E-state index contributed by atoms with van der Waals surface area (Å²) in [7, 11) is 0. The van der Waals surface area contributed by atoms with E-state index in [-0.39, 0.29) is 35.9 Å². The molecule has 0 aliphatic carbocycles. The van der Waals surface area contributed by atoms with E-state index >= 15 is 0 Å². The van der Waals surface area contributed by atoms with E-state index in [2.05, 4.69) is 25.3 Å². The first kappa shape index (κ1) is 20.8. The zero-order chi connectivity index (χ0) is 22.0. The number of amides is 1. The summed E-state index contributed by atoms with van der Waals surface area (Å²) in [6, 6.07) is 2.14. The number of aromatic nitrogens is 4. The highest BCUT2D eigenvalue weighted by molar-refractivity contribution is 5.96. The standard InChI is InChI=1S/C20H23F2N7O2/c1-11-9-31-17-13(7-6-12(21)15(17)22)29(11)14(30)5-3-2-4-8-24-18-16-19(26-10-25-16)28-20(23)27-18/h6-7,10-11H,2-5,8-9H2,1H3,(H4,23,24,25,26,27,28)/t11-/m0/s1. The molecule has 9 nitrogen and oxygen atoms in total. The van der Waals surface area contributed by atoms with Gasteiger partial charge in [0, 0.05) is 13.0 Å². The number of carbonyl (C=O) groups is 1. The summed E-state index contributed by atoms with van der Waals surface area (Å²) in [4.78, 5) is 29.5. The van der Waals surface area contributed by atoms with E-state index in [0.717, 1.165) is 18.9 Å². The van der Waals surface area contributed by atoms with Crippen molar-refractivity contribution in [3.8, 4) is 5.75 Å². The Labute approximate surface area is 177 Å². The van der Waals surface area contributed by atoms with Gasteiger partial charge in [0.05, 0.1) is 18.1 Å². The second-order valence-corrected chi connectivity index (χ2v) is 7.40. The van der Waals surface area contributed by atoms with Gasteiger partial charge in [-0.15, -0.1) is 0 Å². The van der Waals surface area contributed by atoms with E-state index in [1.165, 1.54) is 17.3 Å². The average Bonchev–Trinajstić information content (AvgIpc) is 3.21. The normalized spacial score (nSPS) is 15.6. The Hall–Kier alpha value is -3.50. The molecular weight excluding hydrogens is 408 g/mol. The van der Waals surface area contributed by atoms with Crippen LogP contribution in [0.1, 0.15) is 32.6 Å². The number of hydrogen-bond acceptors (Lipinski definition) is 7. The quantitative estimate of drug-likeness (QED) is 0.492. The number of unbranched alkanes of at least 4 members (excludes halogenated alkanes) is 2. The lowest BCUT2D eigenvalue weighted by Gasteiger charge is -2.35. The molecule has 2 aromatic heterocycles. The lowest BCUT2D eigenvalue weighted by atomic mass is 10.1. The van der Waals surface area contributed by atoms with Gasteiger partial charge in [-0.1, -0.05) is 6.42 Å². The second kappa shape index (κ2) is 8.70. The van der Waals surface area contributed by atoms with E-state index in [0.29, 0.717) is 36.4 Å². The van der Waals surface area contributed by atoms with Gasteiger partial charge in [-0.3, -0.25) is 4.79 Å². The number of benzene rings is 1. The van der Waals surface area contributed by atoms with Crippen molar-refractivity contribution in [3.05, 3.63) is 30.1 Å². The third kappa shape index (κ3) is 4.21. The zero-order valence-corrected chi connectivity index (χ0v) is 17.0. The first-order valence-corrected chi connectivity index (χ1v) is 10.1. The van der Waals surface area contributed by atoms with Crippen LogP contribution in [0.2, 0.25) is 0 Å². The van der Waals surface area contributed by atoms with E-state index < -0.39 is 11.6 Å². The monoisotopic (exact) mass is 431 g/mol. The molecule has 1 aromatic carbocycles. The van der Waals surface area contributed by atoms with E-state index in [9.17, 15) is 13.6 Å². The van der Waals surface area contributed by atoms with Gasteiger partial charge >= 0.3 is 0 Å². The molecule has 164 valence electrons. The van der Waals surface area contributed by atoms with Gasteiger partial charge in [0.2, 0.25) is 17.7 Å². The maximum atomic E-state index is 14.0. The van der Waals surface area contributed by atoms with Crippen molar-refractivity contribution in [2.75, 3.05) is 29.1 Å². The lowest BCUT2D eigenvalue weighted by molar-refractivity contribution is -0.119. The van der Waals surface area contributed by atoms with Crippen LogP contribution >= 0.6 is 0 Å². The van der Waals surface area contributed by atoms with Crippen molar-refractivity contribution >= 4 is 34.5 Å². The Kier molecular flexibility index (Phi) is 5.83. The number of halogens is 2. The lowest BCUT2D eigenvalue weighted by Crippen LogP contribution is -2.45. The third-order valence-electron chi connectivity index (χ3n) is 5.13. The number of nitrogens with zero attached hydrogens (tertiary/aromatic N) is 4. The number of nitrogen functional groups attached to an aromatic ring is 1. The number of carbonyl (C=O) groups excluding carboxylic acids is 1. The Morgan fingerprint density at radius 1 is 1.32 bits per heavy atom. The fourth-order valence-corrected chi connectivity index (χ4v) is 3.63. The maximum Gasteiger partial charge on any atom is 0.227 e. The van der Waals surface area contributed by atoms with E-state index in [4.69, 9.17) is 10.5 Å². The number of ether oxygens (including phenoxy) is 1. The molecule has 4 rings (SSSR count). The maximum absolute atomic E-state index is 14.0. The van der Waals surface area contributed by atoms with Crippen LogP contribution in [0.3, 0.4) is 0 Å². The average molecular weight is 431 g/mol. The van der Waals surface area contributed by atoms with Crippen molar-refractivity contribution in [2.24, 2.45) is 0 Å². The van der Waals surface area contributed by atoms with Crippen molar-refractivity contribution in [2.45, 2.75) is 38.6 Å². The van der Waals surface area contributed by atoms with E-state index in [1.54, 1.807) is 0 Å². The van der Waals surface area contributed by atoms with Crippen LogP contribution < -0.4 is 20.7 Å². The van der Waals surface area contributed by atoms with Gasteiger partial charge in [0.15, 0.2) is 23.0 Å². The van der Waals surface area contributed by atoms with E-state index in [1.807, 2.05) is 6.92 Å². The highest BCUT2D eigenvalue weighted by Crippen LogP contribution is 2.37. The van der Waals surface area contributed by atoms with Crippen LogP contribution in [-0.2, 0) is 4.79 Å².